The number of halogens is 5. The largest absolute Gasteiger partial charge is 0.417 e. The first kappa shape index (κ1) is 15.4. The predicted molar refractivity (Wildman–Crippen MR) is 69.7 cm³/mol. The molecule has 1 aromatic carbocycles. The number of hydrogen-bond donors (Lipinski definition) is 1. The minimum Gasteiger partial charge on any atom is -0.378 e. The summed E-state index contributed by atoms with van der Waals surface area (Å²) in [5.74, 6) is -0.377. The summed E-state index contributed by atoms with van der Waals surface area (Å²) in [5.41, 5.74) is 3.79. The zero-order valence-corrected chi connectivity index (χ0v) is 11.4. The molecule has 0 spiro atoms. The molecule has 112 valence electrons. The normalized spacial score (nSPS) is 11.7. The van der Waals surface area contributed by atoms with Gasteiger partial charge < -0.3 is 5.73 Å². The first-order valence-corrected chi connectivity index (χ1v) is 5.93. The lowest BCUT2D eigenvalue weighted by molar-refractivity contribution is -0.383. The molecule has 11 heteroatoms. The topological polar surface area (TPSA) is 87.0 Å². The first-order chi connectivity index (χ1) is 9.64. The van der Waals surface area contributed by atoms with Crippen LogP contribution in [-0.4, -0.2) is 14.7 Å². The van der Waals surface area contributed by atoms with Crippen molar-refractivity contribution in [2.75, 3.05) is 5.73 Å². The van der Waals surface area contributed by atoms with Gasteiger partial charge in [0.1, 0.15) is 6.20 Å². The summed E-state index contributed by atoms with van der Waals surface area (Å²) in [4.78, 5) is 9.89. The molecule has 0 atom stereocenters. The number of anilines is 1. The summed E-state index contributed by atoms with van der Waals surface area (Å²) in [6.45, 7) is 0. The van der Waals surface area contributed by atoms with Crippen molar-refractivity contribution in [2.24, 2.45) is 0 Å². The number of nitrogens with two attached hydrogens (primary N) is 1. The molecule has 0 amide bonds. The Balaban J connectivity index is 2.62. The predicted octanol–water partition coefficient (Wildman–Crippen LogP) is 3.69. The van der Waals surface area contributed by atoms with Crippen molar-refractivity contribution in [3.05, 3.63) is 44.1 Å². The van der Waals surface area contributed by atoms with E-state index in [4.69, 9.17) is 28.9 Å². The summed E-state index contributed by atoms with van der Waals surface area (Å²) in [6.07, 6.45) is -3.82. The minimum absolute atomic E-state index is 0.0970. The molecule has 2 rings (SSSR count). The van der Waals surface area contributed by atoms with E-state index in [1.54, 1.807) is 0 Å². The van der Waals surface area contributed by atoms with Gasteiger partial charge in [0, 0.05) is 0 Å². The number of nitro groups is 1. The fraction of sp³-hybridized carbons (Fsp3) is 0.100. The molecule has 0 aliphatic carbocycles. The SMILES string of the molecule is Nc1c([N+](=O)[O-])cnn1-c1ccc(C(F)(F)F)c(Cl)c1Cl. The van der Waals surface area contributed by atoms with Crippen LogP contribution in [0.2, 0.25) is 10.0 Å². The number of nitrogens with zero attached hydrogens (tertiary/aromatic N) is 3. The van der Waals surface area contributed by atoms with Crippen molar-refractivity contribution >= 4 is 34.7 Å². The van der Waals surface area contributed by atoms with Crippen molar-refractivity contribution in [1.29, 1.82) is 0 Å². The zero-order valence-electron chi connectivity index (χ0n) is 9.86. The van der Waals surface area contributed by atoms with Crippen molar-refractivity contribution in [1.82, 2.24) is 9.78 Å². The second kappa shape index (κ2) is 5.08. The Kier molecular flexibility index (Phi) is 3.72. The molecule has 21 heavy (non-hydrogen) atoms. The van der Waals surface area contributed by atoms with Crippen LogP contribution in [-0.2, 0) is 6.18 Å². The van der Waals surface area contributed by atoms with E-state index in [2.05, 4.69) is 5.10 Å². The van der Waals surface area contributed by atoms with Crippen LogP contribution in [0.1, 0.15) is 5.56 Å². The van der Waals surface area contributed by atoms with Crippen LogP contribution in [0.15, 0.2) is 18.3 Å². The van der Waals surface area contributed by atoms with Crippen LogP contribution >= 0.6 is 23.2 Å². The average molecular weight is 341 g/mol. The molecule has 1 heterocycles. The Labute approximate surface area is 125 Å². The smallest absolute Gasteiger partial charge is 0.378 e. The van der Waals surface area contributed by atoms with Gasteiger partial charge in [0.15, 0.2) is 0 Å². The average Bonchev–Trinajstić information content (AvgIpc) is 2.73. The van der Waals surface area contributed by atoms with Gasteiger partial charge in [-0.05, 0) is 12.1 Å². The van der Waals surface area contributed by atoms with Crippen LogP contribution < -0.4 is 5.73 Å². The highest BCUT2D eigenvalue weighted by Gasteiger charge is 2.35. The van der Waals surface area contributed by atoms with E-state index in [1.807, 2.05) is 0 Å². The third-order valence-electron chi connectivity index (χ3n) is 2.58. The lowest BCUT2D eigenvalue weighted by Gasteiger charge is -2.13. The van der Waals surface area contributed by atoms with E-state index in [9.17, 15) is 23.3 Å². The maximum atomic E-state index is 12.7. The number of benzene rings is 1. The van der Waals surface area contributed by atoms with E-state index in [-0.39, 0.29) is 11.5 Å². The molecule has 0 aliphatic heterocycles. The van der Waals surface area contributed by atoms with E-state index in [1.165, 1.54) is 0 Å². The Hall–Kier alpha value is -2.00. The summed E-state index contributed by atoms with van der Waals surface area (Å²) in [5, 5.41) is 13.1. The van der Waals surface area contributed by atoms with Gasteiger partial charge in [-0.2, -0.15) is 18.3 Å². The van der Waals surface area contributed by atoms with E-state index in [0.717, 1.165) is 16.9 Å². The highest BCUT2D eigenvalue weighted by molar-refractivity contribution is 6.43. The number of nitrogen functional groups attached to an aromatic ring is 1. The molecule has 2 N–H and O–H groups in total. The monoisotopic (exact) mass is 340 g/mol. The van der Waals surface area contributed by atoms with E-state index < -0.39 is 32.4 Å². The lowest BCUT2D eigenvalue weighted by Crippen LogP contribution is -2.09. The van der Waals surface area contributed by atoms with Crippen molar-refractivity contribution in [2.45, 2.75) is 6.18 Å². The maximum Gasteiger partial charge on any atom is 0.417 e. The molecular formula is C10H5Cl2F3N4O2. The second-order valence-corrected chi connectivity index (χ2v) is 4.60. The minimum atomic E-state index is -4.68. The first-order valence-electron chi connectivity index (χ1n) is 5.18. The Bertz CT molecular complexity index is 730. The lowest BCUT2D eigenvalue weighted by atomic mass is 10.2. The molecule has 0 radical (unpaired) electrons. The number of rotatable bonds is 2. The Morgan fingerprint density at radius 1 is 1.29 bits per heavy atom. The summed E-state index contributed by atoms with van der Waals surface area (Å²) < 4.78 is 38.9. The van der Waals surface area contributed by atoms with Crippen molar-refractivity contribution in [3.63, 3.8) is 0 Å². The standard InChI is InChI=1S/C10H5Cl2F3N4O2/c11-7-4(10(13,14)15)1-2-5(8(7)12)18-9(16)6(3-17-18)19(20)21/h1-3H,16H2. The fourth-order valence-electron chi connectivity index (χ4n) is 1.60. The highest BCUT2D eigenvalue weighted by atomic mass is 35.5. The molecule has 2 aromatic rings. The molecule has 0 saturated heterocycles. The summed E-state index contributed by atoms with van der Waals surface area (Å²) in [7, 11) is 0. The van der Waals surface area contributed by atoms with E-state index in [0.29, 0.717) is 6.07 Å². The molecule has 0 saturated carbocycles. The third kappa shape index (κ3) is 2.61. The van der Waals surface area contributed by atoms with Gasteiger partial charge in [0.25, 0.3) is 0 Å². The number of hydrogen-bond acceptors (Lipinski definition) is 4. The van der Waals surface area contributed by atoms with Gasteiger partial charge in [-0.1, -0.05) is 23.2 Å². The van der Waals surface area contributed by atoms with Gasteiger partial charge in [0.2, 0.25) is 5.82 Å². The van der Waals surface area contributed by atoms with Crippen LogP contribution in [0.5, 0.6) is 0 Å². The van der Waals surface area contributed by atoms with Crippen LogP contribution in [0.4, 0.5) is 24.7 Å². The molecule has 0 aliphatic rings. The summed E-state index contributed by atoms with van der Waals surface area (Å²) in [6, 6.07) is 1.67. The second-order valence-electron chi connectivity index (χ2n) is 3.84. The quantitative estimate of drug-likeness (QED) is 0.667. The molecule has 1 aromatic heterocycles. The van der Waals surface area contributed by atoms with Crippen LogP contribution in [0.25, 0.3) is 5.69 Å². The van der Waals surface area contributed by atoms with Crippen molar-refractivity contribution < 1.29 is 18.1 Å². The fourth-order valence-corrected chi connectivity index (χ4v) is 2.12. The zero-order chi connectivity index (χ0) is 15.9. The van der Waals surface area contributed by atoms with Crippen LogP contribution in [0.3, 0.4) is 0 Å². The third-order valence-corrected chi connectivity index (χ3v) is 3.45. The molecular weight excluding hydrogens is 336 g/mol. The molecule has 6 nitrogen and oxygen atoms in total. The van der Waals surface area contributed by atoms with Gasteiger partial charge in [-0.15, -0.1) is 0 Å². The van der Waals surface area contributed by atoms with Crippen molar-refractivity contribution in [3.8, 4) is 5.69 Å². The van der Waals surface area contributed by atoms with Gasteiger partial charge in [0.05, 0.1) is 26.2 Å². The Morgan fingerprint density at radius 3 is 2.38 bits per heavy atom. The number of aromatic nitrogens is 2. The maximum absolute atomic E-state index is 12.7. The molecule has 0 fully saturated rings. The van der Waals surface area contributed by atoms with Gasteiger partial charge >= 0.3 is 11.9 Å². The van der Waals surface area contributed by atoms with Crippen LogP contribution in [0, 0.1) is 10.1 Å². The van der Waals surface area contributed by atoms with Gasteiger partial charge in [-0.3, -0.25) is 10.1 Å². The number of alkyl halides is 3. The highest BCUT2D eigenvalue weighted by Crippen LogP contribution is 2.41. The molecule has 0 unspecified atom stereocenters. The molecule has 0 bridgehead atoms. The van der Waals surface area contributed by atoms with Gasteiger partial charge in [-0.25, -0.2) is 4.68 Å². The van der Waals surface area contributed by atoms with E-state index >= 15 is 0 Å². The summed E-state index contributed by atoms with van der Waals surface area (Å²) >= 11 is 11.4. The Morgan fingerprint density at radius 2 is 1.90 bits per heavy atom.